The summed E-state index contributed by atoms with van der Waals surface area (Å²) in [7, 11) is 0. The molecule has 118 valence electrons. The quantitative estimate of drug-likeness (QED) is 0.799. The van der Waals surface area contributed by atoms with Crippen LogP contribution in [0.25, 0.3) is 0 Å². The van der Waals surface area contributed by atoms with E-state index in [0.717, 1.165) is 25.0 Å². The van der Waals surface area contributed by atoms with Gasteiger partial charge in [0, 0.05) is 12.1 Å². The van der Waals surface area contributed by atoms with Crippen LogP contribution in [-0.4, -0.2) is 24.3 Å². The van der Waals surface area contributed by atoms with Gasteiger partial charge in [0.25, 0.3) is 0 Å². The lowest BCUT2D eigenvalue weighted by molar-refractivity contribution is -0.0933. The van der Waals surface area contributed by atoms with Gasteiger partial charge in [0.15, 0.2) is 0 Å². The first-order valence-electron chi connectivity index (χ1n) is 8.78. The van der Waals surface area contributed by atoms with Gasteiger partial charge in [0.2, 0.25) is 0 Å². The molecule has 20 heavy (non-hydrogen) atoms. The minimum absolute atomic E-state index is 0.105. The molecule has 2 saturated carbocycles. The number of hydrogen-bond donors (Lipinski definition) is 1. The van der Waals surface area contributed by atoms with Gasteiger partial charge in [-0.1, -0.05) is 32.6 Å². The van der Waals surface area contributed by atoms with Crippen molar-refractivity contribution in [3.05, 3.63) is 0 Å². The number of ether oxygens (including phenoxy) is 1. The van der Waals surface area contributed by atoms with E-state index in [9.17, 15) is 0 Å². The molecule has 2 aliphatic rings. The van der Waals surface area contributed by atoms with E-state index in [4.69, 9.17) is 4.74 Å². The maximum Gasteiger partial charge on any atom is 0.0809 e. The fraction of sp³-hybridized carbons (Fsp3) is 1.00. The van der Waals surface area contributed by atoms with Gasteiger partial charge in [0.1, 0.15) is 0 Å². The van der Waals surface area contributed by atoms with Crippen molar-refractivity contribution in [1.29, 1.82) is 0 Å². The van der Waals surface area contributed by atoms with Gasteiger partial charge in [-0.2, -0.15) is 0 Å². The predicted molar refractivity (Wildman–Crippen MR) is 86.0 cm³/mol. The van der Waals surface area contributed by atoms with Crippen LogP contribution in [0.3, 0.4) is 0 Å². The zero-order valence-electron chi connectivity index (χ0n) is 14.1. The minimum atomic E-state index is 0.105. The molecule has 0 aromatic rings. The van der Waals surface area contributed by atoms with E-state index in [1.165, 1.54) is 51.4 Å². The maximum absolute atomic E-state index is 6.56. The summed E-state index contributed by atoms with van der Waals surface area (Å²) in [6, 6.07) is 0. The Balaban J connectivity index is 1.91. The average molecular weight is 281 g/mol. The largest absolute Gasteiger partial charge is 0.373 e. The highest BCUT2D eigenvalue weighted by Crippen LogP contribution is 2.36. The molecule has 0 aliphatic heterocycles. The lowest BCUT2D eigenvalue weighted by Gasteiger charge is -2.42. The predicted octanol–water partition coefficient (Wildman–Crippen LogP) is 4.53. The van der Waals surface area contributed by atoms with E-state index in [1.807, 2.05) is 0 Å². The minimum Gasteiger partial charge on any atom is -0.373 e. The molecule has 0 bridgehead atoms. The summed E-state index contributed by atoms with van der Waals surface area (Å²) in [5, 5.41) is 3.70. The molecule has 0 aromatic heterocycles. The lowest BCUT2D eigenvalue weighted by Crippen LogP contribution is -2.51. The standard InChI is InChI=1S/C18H35NO/c1-15-8-7-11-18(12-15,14-19-17(2,3)4)20-13-16-9-5-6-10-16/h15-16,19H,5-14H2,1-4H3. The number of nitrogens with one attached hydrogen (secondary N) is 1. The van der Waals surface area contributed by atoms with Crippen molar-refractivity contribution in [2.75, 3.05) is 13.2 Å². The second-order valence-electron chi connectivity index (χ2n) is 8.45. The van der Waals surface area contributed by atoms with Crippen molar-refractivity contribution < 1.29 is 4.74 Å². The molecule has 0 amide bonds. The van der Waals surface area contributed by atoms with Crippen LogP contribution < -0.4 is 5.32 Å². The Kier molecular flexibility index (Phi) is 5.53. The highest BCUT2D eigenvalue weighted by Gasteiger charge is 2.37. The van der Waals surface area contributed by atoms with E-state index < -0.39 is 0 Å². The van der Waals surface area contributed by atoms with Crippen LogP contribution >= 0.6 is 0 Å². The van der Waals surface area contributed by atoms with Gasteiger partial charge in [-0.05, 0) is 58.3 Å². The molecule has 2 aliphatic carbocycles. The summed E-state index contributed by atoms with van der Waals surface area (Å²) in [5.74, 6) is 1.65. The Labute approximate surface area is 126 Å². The Hall–Kier alpha value is -0.0800. The van der Waals surface area contributed by atoms with Crippen LogP contribution in [0.1, 0.15) is 79.1 Å². The van der Waals surface area contributed by atoms with Crippen LogP contribution in [0.2, 0.25) is 0 Å². The average Bonchev–Trinajstić information content (AvgIpc) is 2.87. The lowest BCUT2D eigenvalue weighted by atomic mass is 9.78. The van der Waals surface area contributed by atoms with Gasteiger partial charge >= 0.3 is 0 Å². The summed E-state index contributed by atoms with van der Waals surface area (Å²) in [5.41, 5.74) is 0.290. The van der Waals surface area contributed by atoms with Crippen molar-refractivity contribution in [2.24, 2.45) is 11.8 Å². The van der Waals surface area contributed by atoms with Crippen LogP contribution in [0.15, 0.2) is 0 Å². The summed E-state index contributed by atoms with van der Waals surface area (Å²) in [6.45, 7) is 11.2. The van der Waals surface area contributed by atoms with Gasteiger partial charge in [0.05, 0.1) is 12.2 Å². The number of hydrogen-bond acceptors (Lipinski definition) is 2. The van der Waals surface area contributed by atoms with Gasteiger partial charge < -0.3 is 10.1 Å². The molecule has 2 fully saturated rings. The Bertz CT molecular complexity index is 290. The zero-order chi connectivity index (χ0) is 14.6. The summed E-state index contributed by atoms with van der Waals surface area (Å²) < 4.78 is 6.56. The third kappa shape index (κ3) is 5.04. The molecule has 2 unspecified atom stereocenters. The van der Waals surface area contributed by atoms with E-state index in [-0.39, 0.29) is 11.1 Å². The molecule has 0 aromatic carbocycles. The molecule has 1 N–H and O–H groups in total. The molecule has 0 radical (unpaired) electrons. The summed E-state index contributed by atoms with van der Waals surface area (Å²) in [4.78, 5) is 0. The Morgan fingerprint density at radius 3 is 2.40 bits per heavy atom. The van der Waals surface area contributed by atoms with Crippen molar-refractivity contribution in [1.82, 2.24) is 5.32 Å². The smallest absolute Gasteiger partial charge is 0.0809 e. The van der Waals surface area contributed by atoms with Crippen molar-refractivity contribution in [2.45, 2.75) is 90.2 Å². The maximum atomic E-state index is 6.56. The second-order valence-corrected chi connectivity index (χ2v) is 8.45. The van der Waals surface area contributed by atoms with Gasteiger partial charge in [-0.3, -0.25) is 0 Å². The van der Waals surface area contributed by atoms with Crippen LogP contribution in [0, 0.1) is 11.8 Å². The van der Waals surface area contributed by atoms with Crippen molar-refractivity contribution in [3.8, 4) is 0 Å². The first-order valence-corrected chi connectivity index (χ1v) is 8.78. The van der Waals surface area contributed by atoms with Gasteiger partial charge in [-0.15, -0.1) is 0 Å². The first kappa shape index (κ1) is 16.3. The molecule has 2 atom stereocenters. The second kappa shape index (κ2) is 6.79. The Morgan fingerprint density at radius 2 is 1.80 bits per heavy atom. The summed E-state index contributed by atoms with van der Waals surface area (Å²) in [6.07, 6.45) is 10.8. The van der Waals surface area contributed by atoms with E-state index in [1.54, 1.807) is 0 Å². The summed E-state index contributed by atoms with van der Waals surface area (Å²) >= 11 is 0. The molecule has 2 heteroatoms. The fourth-order valence-corrected chi connectivity index (χ4v) is 3.85. The van der Waals surface area contributed by atoms with Crippen LogP contribution in [0.5, 0.6) is 0 Å². The highest BCUT2D eigenvalue weighted by atomic mass is 16.5. The molecule has 0 saturated heterocycles. The highest BCUT2D eigenvalue weighted by molar-refractivity contribution is 4.91. The molecule has 2 rings (SSSR count). The first-order chi connectivity index (χ1) is 9.39. The third-order valence-electron chi connectivity index (χ3n) is 5.09. The molecule has 0 spiro atoms. The third-order valence-corrected chi connectivity index (χ3v) is 5.09. The molecule has 2 nitrogen and oxygen atoms in total. The monoisotopic (exact) mass is 281 g/mol. The fourth-order valence-electron chi connectivity index (χ4n) is 3.85. The van der Waals surface area contributed by atoms with Gasteiger partial charge in [-0.25, -0.2) is 0 Å². The van der Waals surface area contributed by atoms with Crippen LogP contribution in [0.4, 0.5) is 0 Å². The van der Waals surface area contributed by atoms with Crippen molar-refractivity contribution in [3.63, 3.8) is 0 Å². The topological polar surface area (TPSA) is 21.3 Å². The molecular weight excluding hydrogens is 246 g/mol. The normalized spacial score (nSPS) is 32.7. The molecule has 0 heterocycles. The zero-order valence-corrected chi connectivity index (χ0v) is 14.1. The van der Waals surface area contributed by atoms with E-state index in [0.29, 0.717) is 0 Å². The van der Waals surface area contributed by atoms with E-state index in [2.05, 4.69) is 33.0 Å². The Morgan fingerprint density at radius 1 is 1.10 bits per heavy atom. The van der Waals surface area contributed by atoms with Crippen molar-refractivity contribution >= 4 is 0 Å². The SMILES string of the molecule is CC1CCCC(CNC(C)(C)C)(OCC2CCCC2)C1. The molecular formula is C18H35NO. The van der Waals surface area contributed by atoms with E-state index >= 15 is 0 Å². The van der Waals surface area contributed by atoms with Crippen LogP contribution in [-0.2, 0) is 4.74 Å². The number of rotatable bonds is 5.